The van der Waals surface area contributed by atoms with E-state index >= 15 is 0 Å². The van der Waals surface area contributed by atoms with Crippen LogP contribution < -0.4 is 15.1 Å². The zero-order valence-electron chi connectivity index (χ0n) is 19.9. The molecule has 0 spiro atoms. The van der Waals surface area contributed by atoms with E-state index in [-0.39, 0.29) is 30.8 Å². The van der Waals surface area contributed by atoms with Crippen LogP contribution in [0, 0.1) is 0 Å². The maximum atomic E-state index is 9.59. The number of rotatable bonds is 6. The Kier molecular flexibility index (Phi) is 6.84. The fraction of sp³-hybridized carbons (Fsp3) is 0.346. The number of aromatic nitrogens is 4. The van der Waals surface area contributed by atoms with E-state index in [1.165, 1.54) is 11.1 Å². The first-order valence-electron chi connectivity index (χ1n) is 12.2. The normalized spacial score (nSPS) is 17.2. The maximum Gasteiger partial charge on any atom is 0.229 e. The highest BCUT2D eigenvalue weighted by atomic mass is 35.5. The molecule has 2 aliphatic rings. The molecule has 1 fully saturated rings. The average Bonchev–Trinajstić information content (AvgIpc) is 3.49. The van der Waals surface area contributed by atoms with Crippen LogP contribution in [0.2, 0.25) is 0 Å². The molecule has 1 aliphatic heterocycles. The average molecular weight is 508 g/mol. The summed E-state index contributed by atoms with van der Waals surface area (Å²) >= 11 is 0. The molecule has 0 saturated carbocycles. The minimum atomic E-state index is 0. The summed E-state index contributed by atoms with van der Waals surface area (Å²) in [6.45, 7) is 3.70. The Hall–Kier alpha value is -3.56. The molecule has 3 heterocycles. The van der Waals surface area contributed by atoms with Gasteiger partial charge in [-0.15, -0.1) is 12.4 Å². The highest BCUT2D eigenvalue weighted by Crippen LogP contribution is 2.35. The maximum absolute atomic E-state index is 9.59. The number of aryl methyl sites for hydroxylation is 1. The van der Waals surface area contributed by atoms with Gasteiger partial charge in [-0.05, 0) is 48.2 Å². The number of piperazine rings is 1. The van der Waals surface area contributed by atoms with Crippen LogP contribution >= 0.6 is 12.4 Å². The molecular formula is C26H30ClN7O2. The molecule has 3 N–H and O–H groups in total. The van der Waals surface area contributed by atoms with E-state index < -0.39 is 0 Å². The Labute approximate surface area is 215 Å². The van der Waals surface area contributed by atoms with Crippen LogP contribution in [0.25, 0.3) is 11.2 Å². The van der Waals surface area contributed by atoms with Gasteiger partial charge in [0.25, 0.3) is 0 Å². The van der Waals surface area contributed by atoms with Gasteiger partial charge in [0, 0.05) is 38.4 Å². The molecule has 1 saturated heterocycles. The first kappa shape index (κ1) is 24.1. The monoisotopic (exact) mass is 507 g/mol. The standard InChI is InChI=1S/C26H29N7O2.ClH/c34-16-15-33-17-27-23-24(28-22-10-5-18-3-1-2-4-21(18)22)29-26(30-25(23)33)32-13-11-31(12-14-32)19-6-8-20(35)9-7-19;/h1-4,6-9,17,22,34-35H,5,10-16H2,(H,28,29,30);1H. The SMILES string of the molecule is Cl.OCCn1cnc2c(NC3CCc4ccccc43)nc(N3CCN(c4ccc(O)cc4)CC3)nc21. The van der Waals surface area contributed by atoms with Gasteiger partial charge >= 0.3 is 0 Å². The highest BCUT2D eigenvalue weighted by Gasteiger charge is 2.26. The minimum Gasteiger partial charge on any atom is -0.508 e. The van der Waals surface area contributed by atoms with Crippen LogP contribution in [-0.2, 0) is 13.0 Å². The van der Waals surface area contributed by atoms with Crippen LogP contribution in [-0.4, -0.2) is 62.5 Å². The second kappa shape index (κ2) is 10.2. The summed E-state index contributed by atoms with van der Waals surface area (Å²) in [4.78, 5) is 18.9. The van der Waals surface area contributed by atoms with Gasteiger partial charge in [0.1, 0.15) is 5.75 Å². The van der Waals surface area contributed by atoms with Crippen molar-refractivity contribution in [3.05, 3.63) is 66.0 Å². The summed E-state index contributed by atoms with van der Waals surface area (Å²) in [5.74, 6) is 1.69. The van der Waals surface area contributed by atoms with Crippen LogP contribution in [0.1, 0.15) is 23.6 Å². The predicted octanol–water partition coefficient (Wildman–Crippen LogP) is 3.37. The minimum absolute atomic E-state index is 0. The van der Waals surface area contributed by atoms with E-state index in [4.69, 9.17) is 9.97 Å². The van der Waals surface area contributed by atoms with Crippen molar-refractivity contribution in [3.8, 4) is 5.75 Å². The third kappa shape index (κ3) is 4.52. The number of hydrogen-bond donors (Lipinski definition) is 3. The second-order valence-corrected chi connectivity index (χ2v) is 9.13. The van der Waals surface area contributed by atoms with Crippen molar-refractivity contribution in [1.29, 1.82) is 0 Å². The van der Waals surface area contributed by atoms with Gasteiger partial charge < -0.3 is 29.9 Å². The van der Waals surface area contributed by atoms with E-state index in [0.717, 1.165) is 61.7 Å². The smallest absolute Gasteiger partial charge is 0.229 e. The first-order chi connectivity index (χ1) is 17.2. The van der Waals surface area contributed by atoms with Gasteiger partial charge in [-0.25, -0.2) is 4.98 Å². The zero-order valence-corrected chi connectivity index (χ0v) is 20.7. The Morgan fingerprint density at radius 2 is 1.69 bits per heavy atom. The third-order valence-corrected chi connectivity index (χ3v) is 7.01. The number of nitrogens with zero attached hydrogens (tertiary/aromatic N) is 6. The molecule has 1 unspecified atom stereocenters. The summed E-state index contributed by atoms with van der Waals surface area (Å²) in [5, 5.41) is 22.8. The van der Waals surface area contributed by atoms with E-state index in [9.17, 15) is 10.2 Å². The fourth-order valence-electron chi connectivity index (χ4n) is 5.15. The number of phenolic OH excluding ortho intramolecular Hbond substituents is 1. The number of aliphatic hydroxyl groups is 1. The molecule has 2 aromatic carbocycles. The van der Waals surface area contributed by atoms with Crippen molar-refractivity contribution in [3.63, 3.8) is 0 Å². The van der Waals surface area contributed by atoms with Crippen LogP contribution in [0.15, 0.2) is 54.9 Å². The van der Waals surface area contributed by atoms with Gasteiger partial charge in [0.2, 0.25) is 5.95 Å². The summed E-state index contributed by atoms with van der Waals surface area (Å²) in [5.41, 5.74) is 5.26. The van der Waals surface area contributed by atoms with Gasteiger partial charge in [-0.1, -0.05) is 24.3 Å². The number of anilines is 3. The topological polar surface area (TPSA) is 103 Å². The number of halogens is 1. The van der Waals surface area contributed by atoms with Gasteiger partial charge in [0.15, 0.2) is 17.0 Å². The lowest BCUT2D eigenvalue weighted by Crippen LogP contribution is -2.47. The number of hydrogen-bond acceptors (Lipinski definition) is 8. The molecule has 188 valence electrons. The lowest BCUT2D eigenvalue weighted by molar-refractivity contribution is 0.277. The molecule has 0 amide bonds. The number of imidazole rings is 1. The van der Waals surface area contributed by atoms with E-state index in [1.807, 2.05) is 16.7 Å². The van der Waals surface area contributed by atoms with Gasteiger partial charge in [-0.3, -0.25) is 0 Å². The Balaban J connectivity index is 0.00000267. The zero-order chi connectivity index (χ0) is 23.8. The second-order valence-electron chi connectivity index (χ2n) is 9.13. The number of phenols is 1. The Morgan fingerprint density at radius 1 is 0.944 bits per heavy atom. The fourth-order valence-corrected chi connectivity index (χ4v) is 5.15. The van der Waals surface area contributed by atoms with Crippen LogP contribution in [0.3, 0.4) is 0 Å². The van der Waals surface area contributed by atoms with Crippen molar-refractivity contribution in [2.75, 3.05) is 47.9 Å². The molecule has 2 aromatic heterocycles. The molecule has 9 nitrogen and oxygen atoms in total. The van der Waals surface area contributed by atoms with Crippen molar-refractivity contribution in [2.24, 2.45) is 0 Å². The van der Waals surface area contributed by atoms with Gasteiger partial charge in [0.05, 0.1) is 19.0 Å². The van der Waals surface area contributed by atoms with Gasteiger partial charge in [-0.2, -0.15) is 9.97 Å². The summed E-state index contributed by atoms with van der Waals surface area (Å²) in [6, 6.07) is 16.1. The summed E-state index contributed by atoms with van der Waals surface area (Å²) in [7, 11) is 0. The number of fused-ring (bicyclic) bond motifs is 2. The quantitative estimate of drug-likeness (QED) is 0.365. The predicted molar refractivity (Wildman–Crippen MR) is 143 cm³/mol. The van der Waals surface area contributed by atoms with Crippen molar-refractivity contribution < 1.29 is 10.2 Å². The molecule has 4 aromatic rings. The highest BCUT2D eigenvalue weighted by molar-refractivity contribution is 5.85. The lowest BCUT2D eigenvalue weighted by atomic mass is 10.1. The summed E-state index contributed by atoms with van der Waals surface area (Å²) < 4.78 is 1.89. The number of benzene rings is 2. The molecular weight excluding hydrogens is 478 g/mol. The van der Waals surface area contributed by atoms with Crippen LogP contribution in [0.4, 0.5) is 17.5 Å². The molecule has 36 heavy (non-hydrogen) atoms. The number of aromatic hydroxyl groups is 1. The lowest BCUT2D eigenvalue weighted by Gasteiger charge is -2.36. The van der Waals surface area contributed by atoms with E-state index in [2.05, 4.69) is 44.4 Å². The molecule has 6 rings (SSSR count). The molecule has 10 heteroatoms. The first-order valence-corrected chi connectivity index (χ1v) is 12.2. The molecule has 1 aliphatic carbocycles. The van der Waals surface area contributed by atoms with Crippen LogP contribution in [0.5, 0.6) is 5.75 Å². The Bertz CT molecular complexity index is 1340. The number of nitrogens with one attached hydrogen (secondary N) is 1. The van der Waals surface area contributed by atoms with Crippen molar-refractivity contribution in [1.82, 2.24) is 19.5 Å². The summed E-state index contributed by atoms with van der Waals surface area (Å²) in [6.07, 6.45) is 3.80. The van der Waals surface area contributed by atoms with E-state index in [1.54, 1.807) is 18.5 Å². The van der Waals surface area contributed by atoms with E-state index in [0.29, 0.717) is 12.5 Å². The largest absolute Gasteiger partial charge is 0.508 e. The molecule has 0 bridgehead atoms. The molecule has 1 atom stereocenters. The molecule has 0 radical (unpaired) electrons. The third-order valence-electron chi connectivity index (χ3n) is 7.01. The number of aliphatic hydroxyl groups excluding tert-OH is 1. The van der Waals surface area contributed by atoms with Crippen molar-refractivity contribution in [2.45, 2.75) is 25.4 Å². The van der Waals surface area contributed by atoms with Crippen molar-refractivity contribution >= 4 is 41.0 Å². The Morgan fingerprint density at radius 3 is 2.47 bits per heavy atom.